The second-order valence-electron chi connectivity index (χ2n) is 10.0. The summed E-state index contributed by atoms with van der Waals surface area (Å²) in [5.74, 6) is -1.23. The summed E-state index contributed by atoms with van der Waals surface area (Å²) in [5.41, 5.74) is -3.29. The van der Waals surface area contributed by atoms with Gasteiger partial charge in [0.25, 0.3) is 0 Å². The summed E-state index contributed by atoms with van der Waals surface area (Å²) in [6, 6.07) is -4.74. The molecule has 0 aliphatic carbocycles. The molecular weight excluding hydrogens is 576 g/mol. The molecule has 5 nitrogen and oxygen atoms in total. The molecule has 0 amide bonds. The van der Waals surface area contributed by atoms with Gasteiger partial charge in [-0.15, -0.1) is 0 Å². The normalized spacial score (nSPS) is 17.0. The Balaban J connectivity index is 1.51. The molecule has 0 spiro atoms. The Bertz CT molecular complexity index is 3770. The van der Waals surface area contributed by atoms with E-state index in [0.717, 1.165) is 0 Å². The molecule has 218 valence electrons. The van der Waals surface area contributed by atoms with Gasteiger partial charge in [0.15, 0.2) is 17.5 Å². The molecule has 0 atom stereocenters. The molecule has 0 radical (unpaired) electrons. The SMILES string of the molecule is [2H]c1c([2H])c([2H])c2c(oc3c([2H])c([2H])c([2H])c(-c4nc(-c5ccccc5)nc(-c5c([2H])c([2H])c([2H])c6c(-c7c([2H])c([2H])c([2H])c8c([2H])c([2H])c([2H])c(C#N)c78)c([2H])c([2H])c([2H])c56)n4)c32)c1[2H]. The fourth-order valence-electron chi connectivity index (χ4n) is 5.38. The number of rotatable bonds is 4. The molecule has 0 aliphatic rings. The smallest absolute Gasteiger partial charge is 0.164 e. The lowest BCUT2D eigenvalue weighted by molar-refractivity contribution is 0.669. The maximum Gasteiger partial charge on any atom is 0.164 e. The van der Waals surface area contributed by atoms with Crippen LogP contribution in [-0.2, 0) is 0 Å². The van der Waals surface area contributed by atoms with E-state index in [2.05, 4.69) is 15.0 Å². The van der Waals surface area contributed by atoms with Gasteiger partial charge in [0.1, 0.15) is 11.2 Å². The fraction of sp³-hybridized carbons (Fsp3) is 0. The summed E-state index contributed by atoms with van der Waals surface area (Å²) >= 11 is 0. The van der Waals surface area contributed by atoms with Crippen LogP contribution in [0.15, 0.2) is 150 Å². The quantitative estimate of drug-likeness (QED) is 0.196. The molecule has 7 aromatic carbocycles. The molecule has 5 heteroatoms. The molecule has 9 aromatic rings. The minimum Gasteiger partial charge on any atom is -0.456 e. The van der Waals surface area contributed by atoms with E-state index in [1.807, 2.05) is 0 Å². The standard InChI is InChI=1S/C42H24N4O/c43-25-28-15-6-13-26-14-7-20-32(38(26)28)30-18-8-19-31-29(30)17-9-21-33(31)41-44-40(27-11-2-1-3-12-27)45-42(46-41)35-22-10-24-37-39(35)34-16-4-5-23-36(34)47-37/h1-24H/i4D,5D,6D,7D,8D,9D,10D,13D,14D,15D,16D,17D,18D,19D,20D,21D,22D,23D,24D. The van der Waals surface area contributed by atoms with Gasteiger partial charge in [-0.05, 0) is 45.4 Å². The number of fused-ring (bicyclic) bond motifs is 5. The van der Waals surface area contributed by atoms with Crippen molar-refractivity contribution in [1.29, 1.82) is 5.26 Å². The lowest BCUT2D eigenvalue weighted by atomic mass is 9.90. The van der Waals surface area contributed by atoms with Gasteiger partial charge in [-0.2, -0.15) is 5.26 Å². The number of nitrogens with zero attached hydrogens (tertiary/aromatic N) is 4. The van der Waals surface area contributed by atoms with E-state index in [1.54, 1.807) is 36.4 Å². The Morgan fingerprint density at radius 2 is 1.11 bits per heavy atom. The van der Waals surface area contributed by atoms with Crippen LogP contribution in [0.5, 0.6) is 0 Å². The molecule has 0 saturated heterocycles. The lowest BCUT2D eigenvalue weighted by Crippen LogP contribution is -2.01. The zero-order chi connectivity index (χ0) is 47.9. The van der Waals surface area contributed by atoms with E-state index in [4.69, 9.17) is 25.0 Å². The minimum atomic E-state index is -0.895. The number of hydrogen-bond donors (Lipinski definition) is 0. The molecule has 0 aliphatic heterocycles. The number of aromatic nitrogens is 3. The van der Waals surface area contributed by atoms with Crippen molar-refractivity contribution in [2.24, 2.45) is 0 Å². The van der Waals surface area contributed by atoms with Crippen LogP contribution in [0.1, 0.15) is 31.6 Å². The minimum absolute atomic E-state index is 0.191. The van der Waals surface area contributed by atoms with E-state index in [-0.39, 0.29) is 27.7 Å². The van der Waals surface area contributed by atoms with Crippen LogP contribution in [0.3, 0.4) is 0 Å². The molecule has 9 rings (SSSR count). The molecule has 0 unspecified atom stereocenters. The number of para-hydroxylation sites is 1. The van der Waals surface area contributed by atoms with Gasteiger partial charge in [-0.3, -0.25) is 0 Å². The number of hydrogen-bond acceptors (Lipinski definition) is 5. The second kappa shape index (κ2) is 10.8. The molecule has 0 saturated carbocycles. The highest BCUT2D eigenvalue weighted by Gasteiger charge is 2.19. The molecular formula is C42H24N4O. The summed E-state index contributed by atoms with van der Waals surface area (Å²) in [7, 11) is 0. The van der Waals surface area contributed by atoms with Gasteiger partial charge in [-0.1, -0.05) is 127 Å². The Morgan fingerprint density at radius 1 is 0.511 bits per heavy atom. The third-order valence-electron chi connectivity index (χ3n) is 7.42. The first-order chi connectivity index (χ1) is 31.2. The monoisotopic (exact) mass is 619 g/mol. The van der Waals surface area contributed by atoms with Crippen LogP contribution >= 0.6 is 0 Å². The van der Waals surface area contributed by atoms with Gasteiger partial charge in [0.05, 0.1) is 37.7 Å². The van der Waals surface area contributed by atoms with E-state index in [0.29, 0.717) is 0 Å². The maximum atomic E-state index is 10.3. The highest BCUT2D eigenvalue weighted by molar-refractivity contribution is 6.12. The Kier molecular flexibility index (Phi) is 3.16. The van der Waals surface area contributed by atoms with Crippen molar-refractivity contribution in [3.8, 4) is 51.4 Å². The zero-order valence-corrected chi connectivity index (χ0v) is 23.6. The largest absolute Gasteiger partial charge is 0.456 e. The average molecular weight is 620 g/mol. The van der Waals surface area contributed by atoms with Gasteiger partial charge in [0.2, 0.25) is 0 Å². The Morgan fingerprint density at radius 3 is 1.94 bits per heavy atom. The van der Waals surface area contributed by atoms with Gasteiger partial charge < -0.3 is 4.42 Å². The number of nitriles is 1. The third-order valence-corrected chi connectivity index (χ3v) is 7.42. The highest BCUT2D eigenvalue weighted by Crippen LogP contribution is 2.40. The van der Waals surface area contributed by atoms with E-state index in [9.17, 15) is 10.7 Å². The van der Waals surface area contributed by atoms with Crippen LogP contribution in [0, 0.1) is 11.3 Å². The van der Waals surface area contributed by atoms with Gasteiger partial charge in [0, 0.05) is 32.8 Å². The van der Waals surface area contributed by atoms with Crippen molar-refractivity contribution in [1.82, 2.24) is 15.0 Å². The first-order valence-electron chi connectivity index (χ1n) is 23.4. The lowest BCUT2D eigenvalue weighted by Gasteiger charge is -2.14. The topological polar surface area (TPSA) is 75.6 Å². The van der Waals surface area contributed by atoms with Gasteiger partial charge in [-0.25, -0.2) is 15.0 Å². The molecule has 2 aromatic heterocycles. The van der Waals surface area contributed by atoms with Crippen molar-refractivity contribution in [2.75, 3.05) is 0 Å². The summed E-state index contributed by atoms with van der Waals surface area (Å²) < 4.78 is 174. The second-order valence-corrected chi connectivity index (χ2v) is 10.0. The van der Waals surface area contributed by atoms with E-state index >= 15 is 0 Å². The maximum absolute atomic E-state index is 10.3. The fourth-order valence-corrected chi connectivity index (χ4v) is 5.38. The average Bonchev–Trinajstić information content (AvgIpc) is 3.71. The van der Waals surface area contributed by atoms with Crippen molar-refractivity contribution in [3.05, 3.63) is 151 Å². The molecule has 0 bridgehead atoms. The summed E-state index contributed by atoms with van der Waals surface area (Å²) in [4.78, 5) is 13.8. The Labute approximate surface area is 296 Å². The number of furan rings is 1. The number of benzene rings is 7. The molecule has 47 heavy (non-hydrogen) atoms. The van der Waals surface area contributed by atoms with Crippen molar-refractivity contribution in [2.45, 2.75) is 0 Å². The molecule has 2 heterocycles. The van der Waals surface area contributed by atoms with E-state index in [1.165, 1.54) is 0 Å². The highest BCUT2D eigenvalue weighted by atomic mass is 16.3. The molecule has 0 fully saturated rings. The van der Waals surface area contributed by atoms with Crippen LogP contribution in [0.25, 0.3) is 88.8 Å². The van der Waals surface area contributed by atoms with Crippen LogP contribution in [0.2, 0.25) is 0 Å². The predicted molar refractivity (Wildman–Crippen MR) is 189 cm³/mol. The molecule has 0 N–H and O–H groups in total. The van der Waals surface area contributed by atoms with E-state index < -0.39 is 181 Å². The first-order valence-corrected chi connectivity index (χ1v) is 13.9. The van der Waals surface area contributed by atoms with Crippen LogP contribution in [-0.4, -0.2) is 15.0 Å². The zero-order valence-electron chi connectivity index (χ0n) is 42.6. The van der Waals surface area contributed by atoms with Gasteiger partial charge >= 0.3 is 0 Å². The van der Waals surface area contributed by atoms with Crippen LogP contribution < -0.4 is 0 Å². The van der Waals surface area contributed by atoms with Crippen molar-refractivity contribution in [3.63, 3.8) is 0 Å². The predicted octanol–water partition coefficient (Wildman–Crippen LogP) is 10.6. The summed E-state index contributed by atoms with van der Waals surface area (Å²) in [5, 5.41) is 7.69. The van der Waals surface area contributed by atoms with Crippen molar-refractivity contribution >= 4 is 43.5 Å². The van der Waals surface area contributed by atoms with Crippen LogP contribution in [0.4, 0.5) is 0 Å². The van der Waals surface area contributed by atoms with Crippen molar-refractivity contribution < 1.29 is 30.5 Å². The summed E-state index contributed by atoms with van der Waals surface area (Å²) in [6.07, 6.45) is 0. The Hall–Kier alpha value is -6.64. The third kappa shape index (κ3) is 4.35. The summed E-state index contributed by atoms with van der Waals surface area (Å²) in [6.45, 7) is 0. The first kappa shape index (κ1) is 13.8.